The number of rotatable bonds is 4. The molecule has 0 aliphatic rings. The summed E-state index contributed by atoms with van der Waals surface area (Å²) in [4.78, 5) is 0. The molecule has 0 saturated heterocycles. The van der Waals surface area contributed by atoms with Gasteiger partial charge in [0.1, 0.15) is 11.5 Å². The largest absolute Gasteiger partial charge is 0.507 e. The summed E-state index contributed by atoms with van der Waals surface area (Å²) in [6.07, 6.45) is 0.815. The molecule has 2 aromatic carbocycles. The summed E-state index contributed by atoms with van der Waals surface area (Å²) >= 11 is 0. The van der Waals surface area contributed by atoms with E-state index in [2.05, 4.69) is 5.32 Å². The van der Waals surface area contributed by atoms with Gasteiger partial charge in [-0.15, -0.1) is 0 Å². The zero-order valence-electron chi connectivity index (χ0n) is 10.2. The molecule has 3 heteroatoms. The second-order valence-corrected chi connectivity index (χ2v) is 3.98. The maximum absolute atomic E-state index is 10.2. The standard InChI is InChI=1S/C14H17NO2/c1-15-9-8-10-6-7-11-12(14(10)16)4-3-5-13(11)17-2/h3-7,15-16H,8-9H2,1-2H3. The van der Waals surface area contributed by atoms with Gasteiger partial charge in [-0.25, -0.2) is 0 Å². The van der Waals surface area contributed by atoms with Crippen molar-refractivity contribution >= 4 is 10.8 Å². The van der Waals surface area contributed by atoms with Crippen LogP contribution >= 0.6 is 0 Å². The first-order valence-corrected chi connectivity index (χ1v) is 5.70. The highest BCUT2D eigenvalue weighted by atomic mass is 16.5. The quantitative estimate of drug-likeness (QED) is 0.848. The number of ether oxygens (including phenoxy) is 1. The highest BCUT2D eigenvalue weighted by Crippen LogP contribution is 2.34. The SMILES string of the molecule is CNCCc1ccc2c(OC)cccc2c1O. The van der Waals surface area contributed by atoms with Gasteiger partial charge in [-0.2, -0.15) is 0 Å². The second kappa shape index (κ2) is 5.06. The zero-order chi connectivity index (χ0) is 12.3. The van der Waals surface area contributed by atoms with Gasteiger partial charge in [-0.05, 0) is 31.6 Å². The van der Waals surface area contributed by atoms with E-state index in [1.807, 2.05) is 37.4 Å². The highest BCUT2D eigenvalue weighted by Gasteiger charge is 2.08. The molecular weight excluding hydrogens is 214 g/mol. The first-order chi connectivity index (χ1) is 8.27. The van der Waals surface area contributed by atoms with E-state index >= 15 is 0 Å². The molecule has 2 rings (SSSR count). The number of aromatic hydroxyl groups is 1. The van der Waals surface area contributed by atoms with E-state index in [0.29, 0.717) is 5.75 Å². The minimum Gasteiger partial charge on any atom is -0.507 e. The van der Waals surface area contributed by atoms with Crippen LogP contribution in [0.4, 0.5) is 0 Å². The Labute approximate surface area is 101 Å². The van der Waals surface area contributed by atoms with Gasteiger partial charge >= 0.3 is 0 Å². The molecule has 0 saturated carbocycles. The summed E-state index contributed by atoms with van der Waals surface area (Å²) in [6, 6.07) is 9.66. The molecule has 17 heavy (non-hydrogen) atoms. The zero-order valence-corrected chi connectivity index (χ0v) is 10.2. The first kappa shape index (κ1) is 11.7. The fourth-order valence-electron chi connectivity index (χ4n) is 2.00. The van der Waals surface area contributed by atoms with Crippen molar-refractivity contribution in [2.24, 2.45) is 0 Å². The van der Waals surface area contributed by atoms with E-state index in [0.717, 1.165) is 35.1 Å². The molecule has 2 aromatic rings. The predicted octanol–water partition coefficient (Wildman–Crippen LogP) is 2.32. The Hall–Kier alpha value is -1.74. The number of phenolic OH excluding ortho intramolecular Hbond substituents is 1. The monoisotopic (exact) mass is 231 g/mol. The molecule has 0 radical (unpaired) electrons. The van der Waals surface area contributed by atoms with Gasteiger partial charge in [0, 0.05) is 10.8 Å². The van der Waals surface area contributed by atoms with E-state index in [4.69, 9.17) is 4.74 Å². The molecule has 0 aliphatic carbocycles. The van der Waals surface area contributed by atoms with Crippen molar-refractivity contribution in [3.05, 3.63) is 35.9 Å². The minimum atomic E-state index is 0.358. The number of likely N-dealkylation sites (N-methyl/N-ethyl adjacent to an activating group) is 1. The van der Waals surface area contributed by atoms with E-state index in [1.165, 1.54) is 0 Å². The van der Waals surface area contributed by atoms with E-state index < -0.39 is 0 Å². The molecule has 0 bridgehead atoms. The Balaban J connectivity index is 2.52. The summed E-state index contributed by atoms with van der Waals surface area (Å²) in [7, 11) is 3.54. The third kappa shape index (κ3) is 2.19. The molecule has 0 atom stereocenters. The predicted molar refractivity (Wildman–Crippen MR) is 69.8 cm³/mol. The van der Waals surface area contributed by atoms with Crippen LogP contribution in [0.25, 0.3) is 10.8 Å². The number of nitrogens with one attached hydrogen (secondary N) is 1. The Morgan fingerprint density at radius 1 is 1.18 bits per heavy atom. The molecule has 0 unspecified atom stereocenters. The summed E-state index contributed by atoms with van der Waals surface area (Å²) < 4.78 is 5.28. The molecule has 0 amide bonds. The Bertz CT molecular complexity index is 523. The molecule has 0 fully saturated rings. The molecule has 0 aliphatic heterocycles. The van der Waals surface area contributed by atoms with Crippen molar-refractivity contribution in [1.29, 1.82) is 0 Å². The van der Waals surface area contributed by atoms with Gasteiger partial charge < -0.3 is 15.2 Å². The van der Waals surface area contributed by atoms with Gasteiger partial charge in [0.15, 0.2) is 0 Å². The number of phenols is 1. The number of fused-ring (bicyclic) bond motifs is 1. The van der Waals surface area contributed by atoms with Gasteiger partial charge in [-0.3, -0.25) is 0 Å². The van der Waals surface area contributed by atoms with Gasteiger partial charge in [0.2, 0.25) is 0 Å². The van der Waals surface area contributed by atoms with Gasteiger partial charge in [0.25, 0.3) is 0 Å². The van der Waals surface area contributed by atoms with Crippen molar-refractivity contribution < 1.29 is 9.84 Å². The first-order valence-electron chi connectivity index (χ1n) is 5.70. The van der Waals surface area contributed by atoms with Crippen LogP contribution in [0.15, 0.2) is 30.3 Å². The molecule has 2 N–H and O–H groups in total. The lowest BCUT2D eigenvalue weighted by atomic mass is 10.0. The maximum atomic E-state index is 10.2. The number of hydrogen-bond donors (Lipinski definition) is 2. The molecule has 0 spiro atoms. The average molecular weight is 231 g/mol. The van der Waals surface area contributed by atoms with Crippen LogP contribution in [-0.2, 0) is 6.42 Å². The fraction of sp³-hybridized carbons (Fsp3) is 0.286. The fourth-order valence-corrected chi connectivity index (χ4v) is 2.00. The topological polar surface area (TPSA) is 41.5 Å². The van der Waals surface area contributed by atoms with Crippen molar-refractivity contribution in [3.8, 4) is 11.5 Å². The average Bonchev–Trinajstić information content (AvgIpc) is 2.37. The lowest BCUT2D eigenvalue weighted by Crippen LogP contribution is -2.10. The van der Waals surface area contributed by atoms with Crippen molar-refractivity contribution in [1.82, 2.24) is 5.32 Å². The van der Waals surface area contributed by atoms with Crippen molar-refractivity contribution in [2.75, 3.05) is 20.7 Å². The smallest absolute Gasteiger partial charge is 0.126 e. The molecule has 0 aromatic heterocycles. The molecule has 90 valence electrons. The Morgan fingerprint density at radius 2 is 2.00 bits per heavy atom. The molecular formula is C14H17NO2. The van der Waals surface area contributed by atoms with Crippen LogP contribution in [0.2, 0.25) is 0 Å². The maximum Gasteiger partial charge on any atom is 0.126 e. The number of methoxy groups -OCH3 is 1. The Kier molecular flexibility index (Phi) is 3.49. The van der Waals surface area contributed by atoms with Gasteiger partial charge in [0.05, 0.1) is 7.11 Å². The lowest BCUT2D eigenvalue weighted by Gasteiger charge is -2.10. The van der Waals surface area contributed by atoms with E-state index in [9.17, 15) is 5.11 Å². The summed E-state index contributed by atoms with van der Waals surface area (Å²) in [5, 5.41) is 15.1. The molecule has 3 nitrogen and oxygen atoms in total. The van der Waals surface area contributed by atoms with Crippen LogP contribution in [0.1, 0.15) is 5.56 Å². The van der Waals surface area contributed by atoms with Crippen molar-refractivity contribution in [2.45, 2.75) is 6.42 Å². The third-order valence-electron chi connectivity index (χ3n) is 2.94. The number of hydrogen-bond acceptors (Lipinski definition) is 3. The summed E-state index contributed by atoms with van der Waals surface area (Å²) in [6.45, 7) is 0.850. The van der Waals surface area contributed by atoms with E-state index in [1.54, 1.807) is 7.11 Å². The highest BCUT2D eigenvalue weighted by molar-refractivity contribution is 5.93. The summed E-state index contributed by atoms with van der Waals surface area (Å²) in [5.41, 5.74) is 0.958. The lowest BCUT2D eigenvalue weighted by molar-refractivity contribution is 0.419. The Morgan fingerprint density at radius 3 is 2.71 bits per heavy atom. The normalized spacial score (nSPS) is 10.7. The number of benzene rings is 2. The van der Waals surface area contributed by atoms with Crippen LogP contribution < -0.4 is 10.1 Å². The molecule has 0 heterocycles. The van der Waals surface area contributed by atoms with Crippen molar-refractivity contribution in [3.63, 3.8) is 0 Å². The minimum absolute atomic E-state index is 0.358. The van der Waals surface area contributed by atoms with Crippen LogP contribution in [0.5, 0.6) is 11.5 Å². The third-order valence-corrected chi connectivity index (χ3v) is 2.94. The van der Waals surface area contributed by atoms with Crippen LogP contribution in [0, 0.1) is 0 Å². The van der Waals surface area contributed by atoms with Crippen LogP contribution in [-0.4, -0.2) is 25.8 Å². The van der Waals surface area contributed by atoms with E-state index in [-0.39, 0.29) is 0 Å². The summed E-state index contributed by atoms with van der Waals surface area (Å²) in [5.74, 6) is 1.15. The van der Waals surface area contributed by atoms with Crippen LogP contribution in [0.3, 0.4) is 0 Å². The second-order valence-electron chi connectivity index (χ2n) is 3.98. The van der Waals surface area contributed by atoms with Gasteiger partial charge in [-0.1, -0.05) is 24.3 Å².